The SMILES string of the molecule is Cn1ncc2c(=O)n(CCC(=O)N[C@H]3CCOc4ccccc43)cnc21. The van der Waals surface area contributed by atoms with Crippen LogP contribution in [0.3, 0.4) is 0 Å². The first-order chi connectivity index (χ1) is 12.6. The molecule has 4 rings (SSSR count). The maximum Gasteiger partial charge on any atom is 0.264 e. The molecule has 1 aliphatic heterocycles. The molecule has 0 bridgehead atoms. The first kappa shape index (κ1) is 16.3. The van der Waals surface area contributed by atoms with E-state index in [1.165, 1.54) is 17.1 Å². The second-order valence-corrected chi connectivity index (χ2v) is 6.29. The van der Waals surface area contributed by atoms with Crippen molar-refractivity contribution in [1.29, 1.82) is 0 Å². The second-order valence-electron chi connectivity index (χ2n) is 6.29. The Morgan fingerprint density at radius 2 is 2.23 bits per heavy atom. The fourth-order valence-electron chi connectivity index (χ4n) is 3.21. The molecule has 2 aromatic heterocycles. The summed E-state index contributed by atoms with van der Waals surface area (Å²) in [6.45, 7) is 0.844. The van der Waals surface area contributed by atoms with Crippen LogP contribution in [0.4, 0.5) is 0 Å². The quantitative estimate of drug-likeness (QED) is 0.760. The van der Waals surface area contributed by atoms with Crippen LogP contribution in [0.1, 0.15) is 24.4 Å². The van der Waals surface area contributed by atoms with E-state index in [1.807, 2.05) is 24.3 Å². The molecule has 8 heteroatoms. The van der Waals surface area contributed by atoms with Gasteiger partial charge in [0.2, 0.25) is 5.91 Å². The molecule has 0 aliphatic carbocycles. The van der Waals surface area contributed by atoms with Crippen molar-refractivity contribution in [3.63, 3.8) is 0 Å². The lowest BCUT2D eigenvalue weighted by Crippen LogP contribution is -2.33. The van der Waals surface area contributed by atoms with E-state index < -0.39 is 0 Å². The zero-order chi connectivity index (χ0) is 18.1. The van der Waals surface area contributed by atoms with E-state index in [4.69, 9.17) is 4.74 Å². The molecule has 134 valence electrons. The van der Waals surface area contributed by atoms with E-state index in [0.717, 1.165) is 17.7 Å². The van der Waals surface area contributed by atoms with Gasteiger partial charge in [-0.15, -0.1) is 0 Å². The number of carbonyl (C=O) groups is 1. The molecule has 1 aliphatic rings. The van der Waals surface area contributed by atoms with Crippen LogP contribution in [0.2, 0.25) is 0 Å². The Hall–Kier alpha value is -3.16. The second kappa shape index (κ2) is 6.62. The number of hydrogen-bond donors (Lipinski definition) is 1. The molecule has 8 nitrogen and oxygen atoms in total. The zero-order valence-electron chi connectivity index (χ0n) is 14.4. The Bertz CT molecular complexity index is 1020. The van der Waals surface area contributed by atoms with E-state index in [9.17, 15) is 9.59 Å². The van der Waals surface area contributed by atoms with Crippen LogP contribution >= 0.6 is 0 Å². The minimum Gasteiger partial charge on any atom is -0.493 e. The van der Waals surface area contributed by atoms with Crippen LogP contribution < -0.4 is 15.6 Å². The highest BCUT2D eigenvalue weighted by atomic mass is 16.5. The van der Waals surface area contributed by atoms with Gasteiger partial charge in [-0.3, -0.25) is 18.8 Å². The van der Waals surface area contributed by atoms with E-state index in [0.29, 0.717) is 17.6 Å². The summed E-state index contributed by atoms with van der Waals surface area (Å²) in [7, 11) is 1.73. The van der Waals surface area contributed by atoms with Crippen molar-refractivity contribution in [2.45, 2.75) is 25.4 Å². The van der Waals surface area contributed by atoms with Crippen LogP contribution in [0.15, 0.2) is 41.6 Å². The molecule has 0 radical (unpaired) electrons. The normalized spacial score (nSPS) is 16.1. The third-order valence-corrected chi connectivity index (χ3v) is 4.59. The van der Waals surface area contributed by atoms with E-state index >= 15 is 0 Å². The number of carbonyl (C=O) groups excluding carboxylic acids is 1. The van der Waals surface area contributed by atoms with Gasteiger partial charge in [-0.1, -0.05) is 18.2 Å². The summed E-state index contributed by atoms with van der Waals surface area (Å²) in [4.78, 5) is 29.0. The lowest BCUT2D eigenvalue weighted by molar-refractivity contribution is -0.122. The minimum atomic E-state index is -0.188. The Kier molecular flexibility index (Phi) is 4.16. The fraction of sp³-hybridized carbons (Fsp3) is 0.333. The summed E-state index contributed by atoms with van der Waals surface area (Å²) in [5.74, 6) is 0.705. The topological polar surface area (TPSA) is 91.0 Å². The monoisotopic (exact) mass is 353 g/mol. The van der Waals surface area contributed by atoms with Gasteiger partial charge in [0.05, 0.1) is 25.2 Å². The van der Waals surface area contributed by atoms with Crippen molar-refractivity contribution >= 4 is 16.9 Å². The summed E-state index contributed by atoms with van der Waals surface area (Å²) in [5.41, 5.74) is 1.34. The number of rotatable bonds is 4. The Morgan fingerprint density at radius 1 is 1.38 bits per heavy atom. The number of nitrogens with zero attached hydrogens (tertiary/aromatic N) is 4. The molecule has 1 N–H and O–H groups in total. The molecule has 1 atom stereocenters. The number of benzene rings is 1. The fourth-order valence-corrected chi connectivity index (χ4v) is 3.21. The van der Waals surface area contributed by atoms with Gasteiger partial charge >= 0.3 is 0 Å². The number of hydrogen-bond acceptors (Lipinski definition) is 5. The molecule has 0 saturated carbocycles. The standard InChI is InChI=1S/C18H19N5O3/c1-22-17-13(10-20-22)18(25)23(11-19-17)8-6-16(24)21-14-7-9-26-15-5-3-2-4-12(14)15/h2-5,10-11,14H,6-9H2,1H3,(H,21,24)/t14-/m0/s1. The number of nitrogens with one attached hydrogen (secondary N) is 1. The van der Waals surface area contributed by atoms with Crippen molar-refractivity contribution in [2.24, 2.45) is 7.05 Å². The van der Waals surface area contributed by atoms with Gasteiger partial charge in [-0.05, 0) is 6.07 Å². The van der Waals surface area contributed by atoms with Crippen LogP contribution in [0.5, 0.6) is 5.75 Å². The van der Waals surface area contributed by atoms with Gasteiger partial charge in [0.15, 0.2) is 5.65 Å². The molecule has 0 saturated heterocycles. The lowest BCUT2D eigenvalue weighted by Gasteiger charge is -2.26. The molecule has 3 aromatic rings. The van der Waals surface area contributed by atoms with Gasteiger partial charge in [-0.2, -0.15) is 5.10 Å². The molecule has 1 aromatic carbocycles. The van der Waals surface area contributed by atoms with E-state index in [2.05, 4.69) is 15.4 Å². The van der Waals surface area contributed by atoms with Gasteiger partial charge in [0.25, 0.3) is 5.56 Å². The van der Waals surface area contributed by atoms with E-state index in [1.54, 1.807) is 11.7 Å². The largest absolute Gasteiger partial charge is 0.493 e. The van der Waals surface area contributed by atoms with Gasteiger partial charge in [-0.25, -0.2) is 4.98 Å². The highest BCUT2D eigenvalue weighted by Crippen LogP contribution is 2.31. The Morgan fingerprint density at radius 3 is 3.12 bits per heavy atom. The number of ether oxygens (including phenoxy) is 1. The molecule has 26 heavy (non-hydrogen) atoms. The van der Waals surface area contributed by atoms with Crippen molar-refractivity contribution in [2.75, 3.05) is 6.61 Å². The van der Waals surface area contributed by atoms with Crippen LogP contribution in [0.25, 0.3) is 11.0 Å². The predicted octanol–water partition coefficient (Wildman–Crippen LogP) is 1.16. The van der Waals surface area contributed by atoms with Gasteiger partial charge in [0.1, 0.15) is 11.1 Å². The summed E-state index contributed by atoms with van der Waals surface area (Å²) in [6, 6.07) is 7.65. The van der Waals surface area contributed by atoms with Crippen LogP contribution in [-0.2, 0) is 18.4 Å². The zero-order valence-corrected chi connectivity index (χ0v) is 14.4. The predicted molar refractivity (Wildman–Crippen MR) is 94.8 cm³/mol. The summed E-state index contributed by atoms with van der Waals surface area (Å²) < 4.78 is 8.61. The van der Waals surface area contributed by atoms with Crippen LogP contribution in [-0.4, -0.2) is 31.8 Å². The average Bonchev–Trinajstić information content (AvgIpc) is 3.03. The van der Waals surface area contributed by atoms with Gasteiger partial charge in [0, 0.05) is 32.0 Å². The first-order valence-electron chi connectivity index (χ1n) is 8.52. The van der Waals surface area contributed by atoms with Crippen LogP contribution in [0, 0.1) is 0 Å². The highest BCUT2D eigenvalue weighted by molar-refractivity contribution is 5.76. The maximum atomic E-state index is 12.4. The number of para-hydroxylation sites is 1. The molecule has 0 fully saturated rings. The summed E-state index contributed by atoms with van der Waals surface area (Å²) in [6.07, 6.45) is 3.89. The van der Waals surface area contributed by atoms with Gasteiger partial charge < -0.3 is 10.1 Å². The van der Waals surface area contributed by atoms with Crippen molar-refractivity contribution in [3.05, 3.63) is 52.7 Å². The lowest BCUT2D eigenvalue weighted by atomic mass is 10.0. The third kappa shape index (κ3) is 2.94. The Labute approximate surface area is 149 Å². The molecule has 0 unspecified atom stereocenters. The first-order valence-corrected chi connectivity index (χ1v) is 8.52. The van der Waals surface area contributed by atoms with Crippen molar-refractivity contribution in [3.8, 4) is 5.75 Å². The maximum absolute atomic E-state index is 12.4. The molecular weight excluding hydrogens is 334 g/mol. The molecular formula is C18H19N5O3. The number of amides is 1. The molecule has 3 heterocycles. The molecule has 1 amide bonds. The Balaban J connectivity index is 1.44. The molecule has 0 spiro atoms. The highest BCUT2D eigenvalue weighted by Gasteiger charge is 2.22. The smallest absolute Gasteiger partial charge is 0.264 e. The van der Waals surface area contributed by atoms with E-state index in [-0.39, 0.29) is 30.5 Å². The average molecular weight is 353 g/mol. The third-order valence-electron chi connectivity index (χ3n) is 4.59. The van der Waals surface area contributed by atoms with Crippen molar-refractivity contribution < 1.29 is 9.53 Å². The van der Waals surface area contributed by atoms with Crippen molar-refractivity contribution in [1.82, 2.24) is 24.6 Å². The minimum absolute atomic E-state index is 0.0666. The number of fused-ring (bicyclic) bond motifs is 2. The number of aryl methyl sites for hydroxylation is 2. The summed E-state index contributed by atoms with van der Waals surface area (Å²) in [5, 5.41) is 7.53. The summed E-state index contributed by atoms with van der Waals surface area (Å²) >= 11 is 0. The number of aromatic nitrogens is 4.